The summed E-state index contributed by atoms with van der Waals surface area (Å²) in [5, 5.41) is 7.33. The van der Waals surface area contributed by atoms with Crippen LogP contribution in [0.3, 0.4) is 0 Å². The molecule has 0 bridgehead atoms. The van der Waals surface area contributed by atoms with Gasteiger partial charge in [0.25, 0.3) is 0 Å². The van der Waals surface area contributed by atoms with Gasteiger partial charge in [0.1, 0.15) is 0 Å². The molecule has 1 unspecified atom stereocenters. The van der Waals surface area contributed by atoms with E-state index >= 15 is 0 Å². The van der Waals surface area contributed by atoms with E-state index in [0.29, 0.717) is 6.54 Å². The van der Waals surface area contributed by atoms with Crippen LogP contribution in [0.15, 0.2) is 6.07 Å². The monoisotopic (exact) mass is 179 g/mol. The fourth-order valence-electron chi connectivity index (χ4n) is 1.22. The van der Waals surface area contributed by atoms with Crippen molar-refractivity contribution in [1.82, 2.24) is 19.8 Å². The Labute approximate surface area is 75.9 Å². The quantitative estimate of drug-likeness (QED) is 0.702. The number of nitrogens with zero attached hydrogens (tertiary/aromatic N) is 3. The molecule has 2 rings (SSSR count). The van der Waals surface area contributed by atoms with E-state index < -0.39 is 0 Å². The van der Waals surface area contributed by atoms with Gasteiger partial charge >= 0.3 is 0 Å². The number of nitrogens with one attached hydrogen (secondary N) is 1. The Morgan fingerprint density at radius 3 is 3.08 bits per heavy atom. The number of fused-ring (bicyclic) bond motifs is 1. The molecule has 0 saturated carbocycles. The van der Waals surface area contributed by atoms with Gasteiger partial charge in [-0.1, -0.05) is 6.92 Å². The summed E-state index contributed by atoms with van der Waals surface area (Å²) >= 11 is 0. The first-order chi connectivity index (χ1) is 6.20. The zero-order valence-electron chi connectivity index (χ0n) is 7.78. The molecule has 0 aliphatic heterocycles. The van der Waals surface area contributed by atoms with E-state index in [1.165, 1.54) is 0 Å². The maximum Gasteiger partial charge on any atom is 0.175 e. The topological polar surface area (TPSA) is 72.0 Å². The van der Waals surface area contributed by atoms with Crippen LogP contribution in [0.25, 0.3) is 5.65 Å². The van der Waals surface area contributed by atoms with Gasteiger partial charge in [-0.15, -0.1) is 5.10 Å². The lowest BCUT2D eigenvalue weighted by Crippen LogP contribution is -2.10. The summed E-state index contributed by atoms with van der Waals surface area (Å²) in [6, 6.07) is 1.96. The minimum absolute atomic E-state index is 0.216. The van der Waals surface area contributed by atoms with Gasteiger partial charge in [-0.2, -0.15) is 4.63 Å². The van der Waals surface area contributed by atoms with E-state index in [-0.39, 0.29) is 5.92 Å². The van der Waals surface area contributed by atoms with Crippen LogP contribution in [0.5, 0.6) is 0 Å². The second kappa shape index (κ2) is 2.85. The highest BCUT2D eigenvalue weighted by molar-refractivity contribution is 5.38. The number of H-pyrrole nitrogens is 1. The van der Waals surface area contributed by atoms with E-state index in [4.69, 9.17) is 5.73 Å². The van der Waals surface area contributed by atoms with Crippen LogP contribution < -0.4 is 5.73 Å². The van der Waals surface area contributed by atoms with Crippen LogP contribution in [-0.4, -0.2) is 26.4 Å². The van der Waals surface area contributed by atoms with Gasteiger partial charge in [0, 0.05) is 24.2 Å². The van der Waals surface area contributed by atoms with Crippen LogP contribution in [0.4, 0.5) is 0 Å². The van der Waals surface area contributed by atoms with Crippen molar-refractivity contribution >= 4 is 5.65 Å². The van der Waals surface area contributed by atoms with Crippen molar-refractivity contribution in [3.63, 3.8) is 0 Å². The Balaban J connectivity index is 2.45. The second-order valence-electron chi connectivity index (χ2n) is 3.32. The number of hydrogen-bond acceptors (Lipinski definition) is 3. The first-order valence-corrected chi connectivity index (χ1v) is 4.33. The standard InChI is InChI=1S/C8H13N5/c1-5(4-9)8-10-7-3-6(2)11-13(7)12-8/h3,5,11H,4,9H2,1-2H3. The van der Waals surface area contributed by atoms with E-state index in [0.717, 1.165) is 17.2 Å². The van der Waals surface area contributed by atoms with E-state index in [1.807, 2.05) is 19.9 Å². The molecule has 70 valence electrons. The lowest BCUT2D eigenvalue weighted by atomic mass is 10.2. The normalized spacial score (nSPS) is 13.8. The Bertz CT molecular complexity index is 382. The van der Waals surface area contributed by atoms with Crippen LogP contribution in [0.1, 0.15) is 24.4 Å². The summed E-state index contributed by atoms with van der Waals surface area (Å²) in [4.78, 5) is 4.34. The molecule has 0 radical (unpaired) electrons. The lowest BCUT2D eigenvalue weighted by molar-refractivity contribution is 0.687. The molecule has 0 aromatic carbocycles. The smallest absolute Gasteiger partial charge is 0.175 e. The summed E-state index contributed by atoms with van der Waals surface area (Å²) < 4.78 is 1.68. The predicted octanol–water partition coefficient (Wildman–Crippen LogP) is 0.428. The number of hydrogen-bond donors (Lipinski definition) is 2. The van der Waals surface area contributed by atoms with Crippen LogP contribution in [-0.2, 0) is 0 Å². The average Bonchev–Trinajstić information content (AvgIpc) is 2.59. The molecule has 0 spiro atoms. The Morgan fingerprint density at radius 1 is 1.69 bits per heavy atom. The first-order valence-electron chi connectivity index (χ1n) is 4.33. The second-order valence-corrected chi connectivity index (χ2v) is 3.32. The number of aryl methyl sites for hydroxylation is 1. The van der Waals surface area contributed by atoms with Crippen molar-refractivity contribution in [2.75, 3.05) is 6.54 Å². The van der Waals surface area contributed by atoms with Gasteiger partial charge in [-0.25, -0.2) is 4.98 Å². The highest BCUT2D eigenvalue weighted by Crippen LogP contribution is 2.10. The molecular weight excluding hydrogens is 166 g/mol. The molecule has 2 heterocycles. The van der Waals surface area contributed by atoms with Gasteiger partial charge in [-0.3, -0.25) is 5.10 Å². The van der Waals surface area contributed by atoms with Gasteiger partial charge in [0.15, 0.2) is 11.5 Å². The Hall–Kier alpha value is -1.36. The fraction of sp³-hybridized carbons (Fsp3) is 0.500. The van der Waals surface area contributed by atoms with E-state index in [9.17, 15) is 0 Å². The zero-order chi connectivity index (χ0) is 9.42. The number of aromatic amines is 1. The number of aromatic nitrogens is 4. The molecule has 5 nitrogen and oxygen atoms in total. The first kappa shape index (κ1) is 8.25. The summed E-state index contributed by atoms with van der Waals surface area (Å²) in [6.07, 6.45) is 0. The van der Waals surface area contributed by atoms with Crippen molar-refractivity contribution in [3.05, 3.63) is 17.6 Å². The van der Waals surface area contributed by atoms with E-state index in [2.05, 4.69) is 15.2 Å². The molecule has 1 atom stereocenters. The molecule has 5 heteroatoms. The number of nitrogens with two attached hydrogens (primary N) is 1. The van der Waals surface area contributed by atoms with Gasteiger partial charge in [0.2, 0.25) is 0 Å². The fourth-order valence-corrected chi connectivity index (χ4v) is 1.22. The number of rotatable bonds is 2. The summed E-state index contributed by atoms with van der Waals surface area (Å²) in [7, 11) is 0. The SMILES string of the molecule is Cc1cc2nc(C(C)CN)nn2[nH]1. The third-order valence-electron chi connectivity index (χ3n) is 2.07. The summed E-state index contributed by atoms with van der Waals surface area (Å²) in [6.45, 7) is 4.57. The van der Waals surface area contributed by atoms with Gasteiger partial charge < -0.3 is 5.73 Å². The summed E-state index contributed by atoms with van der Waals surface area (Å²) in [5.74, 6) is 1.02. The summed E-state index contributed by atoms with van der Waals surface area (Å²) in [5.41, 5.74) is 7.44. The van der Waals surface area contributed by atoms with Crippen LogP contribution in [0.2, 0.25) is 0 Å². The Morgan fingerprint density at radius 2 is 2.46 bits per heavy atom. The molecule has 0 aliphatic rings. The van der Waals surface area contributed by atoms with Crippen molar-refractivity contribution in [1.29, 1.82) is 0 Å². The maximum absolute atomic E-state index is 5.53. The molecule has 3 N–H and O–H groups in total. The molecule has 0 saturated heterocycles. The van der Waals surface area contributed by atoms with Crippen molar-refractivity contribution in [2.24, 2.45) is 5.73 Å². The Kier molecular flexibility index (Phi) is 1.81. The van der Waals surface area contributed by atoms with Crippen LogP contribution in [0, 0.1) is 6.92 Å². The zero-order valence-corrected chi connectivity index (χ0v) is 7.78. The van der Waals surface area contributed by atoms with Crippen LogP contribution >= 0.6 is 0 Å². The molecule has 2 aromatic heterocycles. The molecule has 0 fully saturated rings. The van der Waals surface area contributed by atoms with Gasteiger partial charge in [0.05, 0.1) is 0 Å². The predicted molar refractivity (Wildman–Crippen MR) is 49.5 cm³/mol. The van der Waals surface area contributed by atoms with Gasteiger partial charge in [-0.05, 0) is 6.92 Å². The highest BCUT2D eigenvalue weighted by Gasteiger charge is 2.10. The molecule has 0 aliphatic carbocycles. The highest BCUT2D eigenvalue weighted by atomic mass is 15.5. The van der Waals surface area contributed by atoms with Crippen molar-refractivity contribution in [3.8, 4) is 0 Å². The third kappa shape index (κ3) is 1.31. The molecular formula is C8H13N5. The molecule has 0 amide bonds. The van der Waals surface area contributed by atoms with Crippen molar-refractivity contribution in [2.45, 2.75) is 19.8 Å². The minimum atomic E-state index is 0.216. The average molecular weight is 179 g/mol. The minimum Gasteiger partial charge on any atom is -0.330 e. The van der Waals surface area contributed by atoms with Crippen molar-refractivity contribution < 1.29 is 0 Å². The van der Waals surface area contributed by atoms with E-state index in [1.54, 1.807) is 4.63 Å². The maximum atomic E-state index is 5.53. The lowest BCUT2D eigenvalue weighted by Gasteiger charge is -1.99. The third-order valence-corrected chi connectivity index (χ3v) is 2.07. The largest absolute Gasteiger partial charge is 0.330 e. The molecule has 2 aromatic rings. The molecule has 13 heavy (non-hydrogen) atoms.